The number of phenols is 1. The SMILES string of the molecule is Oc1ccc(Br)cc1-c1nc(N2CCCC2)no1. The van der Waals surface area contributed by atoms with Crippen LogP contribution in [0.3, 0.4) is 0 Å². The number of nitrogens with zero attached hydrogens (tertiary/aromatic N) is 3. The lowest BCUT2D eigenvalue weighted by molar-refractivity contribution is 0.424. The van der Waals surface area contributed by atoms with Gasteiger partial charge in [0.2, 0.25) is 0 Å². The summed E-state index contributed by atoms with van der Waals surface area (Å²) in [7, 11) is 0. The molecular formula is C12H12BrN3O2. The molecule has 0 atom stereocenters. The van der Waals surface area contributed by atoms with Gasteiger partial charge in [0.1, 0.15) is 5.75 Å². The van der Waals surface area contributed by atoms with E-state index >= 15 is 0 Å². The van der Waals surface area contributed by atoms with Gasteiger partial charge in [-0.05, 0) is 36.2 Å². The van der Waals surface area contributed by atoms with E-state index in [1.54, 1.807) is 18.2 Å². The number of anilines is 1. The van der Waals surface area contributed by atoms with Gasteiger partial charge in [-0.3, -0.25) is 0 Å². The molecule has 0 amide bonds. The van der Waals surface area contributed by atoms with Crippen LogP contribution < -0.4 is 4.90 Å². The second-order valence-corrected chi connectivity index (χ2v) is 5.17. The molecule has 2 aromatic rings. The Labute approximate surface area is 113 Å². The van der Waals surface area contributed by atoms with Crippen molar-refractivity contribution in [2.75, 3.05) is 18.0 Å². The van der Waals surface area contributed by atoms with Gasteiger partial charge in [0.25, 0.3) is 11.8 Å². The molecule has 1 saturated heterocycles. The van der Waals surface area contributed by atoms with E-state index < -0.39 is 0 Å². The van der Waals surface area contributed by atoms with Crippen molar-refractivity contribution in [1.29, 1.82) is 0 Å². The van der Waals surface area contributed by atoms with Crippen LogP contribution in [0.25, 0.3) is 11.5 Å². The maximum atomic E-state index is 9.80. The zero-order chi connectivity index (χ0) is 12.5. The van der Waals surface area contributed by atoms with Crippen molar-refractivity contribution < 1.29 is 9.63 Å². The van der Waals surface area contributed by atoms with E-state index in [0.29, 0.717) is 17.4 Å². The fourth-order valence-electron chi connectivity index (χ4n) is 2.05. The van der Waals surface area contributed by atoms with Crippen molar-refractivity contribution in [2.24, 2.45) is 0 Å². The maximum absolute atomic E-state index is 9.80. The Hall–Kier alpha value is -1.56. The summed E-state index contributed by atoms with van der Waals surface area (Å²) >= 11 is 3.36. The molecule has 1 aliphatic heterocycles. The number of aromatic hydroxyl groups is 1. The highest BCUT2D eigenvalue weighted by Crippen LogP contribution is 2.31. The molecule has 5 nitrogen and oxygen atoms in total. The number of halogens is 1. The van der Waals surface area contributed by atoms with Crippen LogP contribution in [0.2, 0.25) is 0 Å². The highest BCUT2D eigenvalue weighted by Gasteiger charge is 2.19. The first-order valence-electron chi connectivity index (χ1n) is 5.81. The first kappa shape index (κ1) is 11.5. The number of rotatable bonds is 2. The molecule has 94 valence electrons. The molecule has 18 heavy (non-hydrogen) atoms. The van der Waals surface area contributed by atoms with Crippen molar-refractivity contribution in [3.63, 3.8) is 0 Å². The summed E-state index contributed by atoms with van der Waals surface area (Å²) < 4.78 is 6.07. The van der Waals surface area contributed by atoms with Crippen LogP contribution in [0.15, 0.2) is 27.2 Å². The van der Waals surface area contributed by atoms with Crippen molar-refractivity contribution in [3.8, 4) is 17.2 Å². The van der Waals surface area contributed by atoms with Gasteiger partial charge in [0.15, 0.2) is 0 Å². The van der Waals surface area contributed by atoms with Crippen molar-refractivity contribution in [3.05, 3.63) is 22.7 Å². The molecule has 1 aliphatic rings. The molecule has 0 bridgehead atoms. The van der Waals surface area contributed by atoms with E-state index in [0.717, 1.165) is 30.4 Å². The highest BCUT2D eigenvalue weighted by molar-refractivity contribution is 9.10. The second-order valence-electron chi connectivity index (χ2n) is 4.26. The topological polar surface area (TPSA) is 62.4 Å². The van der Waals surface area contributed by atoms with Gasteiger partial charge >= 0.3 is 0 Å². The van der Waals surface area contributed by atoms with E-state index in [2.05, 4.69) is 31.0 Å². The molecular weight excluding hydrogens is 298 g/mol. The second kappa shape index (κ2) is 4.61. The summed E-state index contributed by atoms with van der Waals surface area (Å²) in [5.41, 5.74) is 0.544. The molecule has 6 heteroatoms. The summed E-state index contributed by atoms with van der Waals surface area (Å²) in [6.07, 6.45) is 2.32. The zero-order valence-corrected chi connectivity index (χ0v) is 11.2. The average Bonchev–Trinajstić information content (AvgIpc) is 3.00. The van der Waals surface area contributed by atoms with Crippen LogP contribution in [0.4, 0.5) is 5.95 Å². The zero-order valence-electron chi connectivity index (χ0n) is 9.64. The molecule has 2 heterocycles. The molecule has 0 saturated carbocycles. The van der Waals surface area contributed by atoms with E-state index in [4.69, 9.17) is 4.52 Å². The number of hydrogen-bond acceptors (Lipinski definition) is 5. The fourth-order valence-corrected chi connectivity index (χ4v) is 2.41. The lowest BCUT2D eigenvalue weighted by Gasteiger charge is -2.09. The Kier molecular flexibility index (Phi) is 2.95. The standard InChI is InChI=1S/C12H12BrN3O2/c13-8-3-4-10(17)9(7-8)11-14-12(15-18-11)16-5-1-2-6-16/h3-4,7,17H,1-2,5-6H2. The first-order valence-corrected chi connectivity index (χ1v) is 6.61. The van der Waals surface area contributed by atoms with E-state index in [-0.39, 0.29) is 5.75 Å². The molecule has 3 rings (SSSR count). The molecule has 1 N–H and O–H groups in total. The minimum Gasteiger partial charge on any atom is -0.507 e. The first-order chi connectivity index (χ1) is 8.74. The van der Waals surface area contributed by atoms with Gasteiger partial charge in [-0.2, -0.15) is 4.98 Å². The lowest BCUT2D eigenvalue weighted by Crippen LogP contribution is -2.18. The molecule has 1 fully saturated rings. The predicted octanol–water partition coefficient (Wildman–Crippen LogP) is 2.80. The lowest BCUT2D eigenvalue weighted by atomic mass is 10.2. The summed E-state index contributed by atoms with van der Waals surface area (Å²) in [4.78, 5) is 6.42. The maximum Gasteiger partial charge on any atom is 0.266 e. The number of benzene rings is 1. The molecule has 0 unspecified atom stereocenters. The quantitative estimate of drug-likeness (QED) is 0.924. The Morgan fingerprint density at radius 3 is 2.83 bits per heavy atom. The summed E-state index contributed by atoms with van der Waals surface area (Å²) in [5, 5.41) is 13.8. The summed E-state index contributed by atoms with van der Waals surface area (Å²) in [5.74, 6) is 1.08. The smallest absolute Gasteiger partial charge is 0.266 e. The van der Waals surface area contributed by atoms with Gasteiger partial charge in [-0.25, -0.2) is 0 Å². The van der Waals surface area contributed by atoms with Crippen LogP contribution in [-0.2, 0) is 0 Å². The van der Waals surface area contributed by atoms with Crippen molar-refractivity contribution in [2.45, 2.75) is 12.8 Å². The Morgan fingerprint density at radius 2 is 2.06 bits per heavy atom. The van der Waals surface area contributed by atoms with Crippen LogP contribution in [0, 0.1) is 0 Å². The van der Waals surface area contributed by atoms with Crippen LogP contribution in [0.5, 0.6) is 5.75 Å². The Bertz CT molecular complexity index is 564. The Balaban J connectivity index is 1.94. The van der Waals surface area contributed by atoms with Crippen LogP contribution in [-0.4, -0.2) is 28.3 Å². The van der Waals surface area contributed by atoms with E-state index in [9.17, 15) is 5.11 Å². The summed E-state index contributed by atoms with van der Waals surface area (Å²) in [6, 6.07) is 5.12. The van der Waals surface area contributed by atoms with E-state index in [1.807, 2.05) is 0 Å². The van der Waals surface area contributed by atoms with Crippen LogP contribution in [0.1, 0.15) is 12.8 Å². The third-order valence-electron chi connectivity index (χ3n) is 2.99. The third kappa shape index (κ3) is 2.08. The fraction of sp³-hybridized carbons (Fsp3) is 0.333. The normalized spacial score (nSPS) is 15.3. The monoisotopic (exact) mass is 309 g/mol. The largest absolute Gasteiger partial charge is 0.507 e. The number of phenolic OH excluding ortho intramolecular Hbond substituents is 1. The molecule has 1 aromatic carbocycles. The average molecular weight is 310 g/mol. The van der Waals surface area contributed by atoms with Gasteiger partial charge in [0, 0.05) is 17.6 Å². The minimum absolute atomic E-state index is 0.134. The molecule has 0 spiro atoms. The Morgan fingerprint density at radius 1 is 1.28 bits per heavy atom. The van der Waals surface area contributed by atoms with E-state index in [1.165, 1.54) is 0 Å². The van der Waals surface area contributed by atoms with Crippen molar-refractivity contribution >= 4 is 21.9 Å². The number of hydrogen-bond donors (Lipinski definition) is 1. The molecule has 0 aliphatic carbocycles. The third-order valence-corrected chi connectivity index (χ3v) is 3.49. The molecule has 1 aromatic heterocycles. The highest BCUT2D eigenvalue weighted by atomic mass is 79.9. The predicted molar refractivity (Wildman–Crippen MR) is 70.5 cm³/mol. The van der Waals surface area contributed by atoms with Gasteiger partial charge < -0.3 is 14.5 Å². The van der Waals surface area contributed by atoms with Gasteiger partial charge in [-0.15, -0.1) is 0 Å². The van der Waals surface area contributed by atoms with Gasteiger partial charge in [-0.1, -0.05) is 15.9 Å². The van der Waals surface area contributed by atoms with Crippen molar-refractivity contribution in [1.82, 2.24) is 10.1 Å². The minimum atomic E-state index is 0.134. The summed E-state index contributed by atoms with van der Waals surface area (Å²) in [6.45, 7) is 1.92. The molecule has 0 radical (unpaired) electrons. The number of aromatic nitrogens is 2. The van der Waals surface area contributed by atoms with Crippen LogP contribution >= 0.6 is 15.9 Å². The van der Waals surface area contributed by atoms with Gasteiger partial charge in [0.05, 0.1) is 5.56 Å².